The number of anilines is 2. The molecule has 31 heavy (non-hydrogen) atoms. The number of carboxylic acid groups (broad SMARTS) is 1. The summed E-state index contributed by atoms with van der Waals surface area (Å²) in [6.07, 6.45) is 0.523. The van der Waals surface area contributed by atoms with Gasteiger partial charge in [0.05, 0.1) is 16.3 Å². The van der Waals surface area contributed by atoms with Gasteiger partial charge in [-0.25, -0.2) is 4.79 Å². The van der Waals surface area contributed by atoms with Crippen LogP contribution >= 0.6 is 23.8 Å². The standard InChI is InChI=1S/C20H24ClN5O4S/c21-15-4-3-13(19(29)30)14(10-24-6-1-7-27)17(15)26-20(31)25-16-5-2-11(18(23)28)8-12(16)9-22/h2-5,8,24,27H,1,6-7,9-10,22H2,(H2,23,28)(H,29,30)(H2,25,26,31). The van der Waals surface area contributed by atoms with Crippen molar-refractivity contribution >= 4 is 52.2 Å². The second-order valence-corrected chi connectivity index (χ2v) is 7.34. The molecule has 0 heterocycles. The van der Waals surface area contributed by atoms with Crippen LogP contribution in [0.15, 0.2) is 30.3 Å². The third kappa shape index (κ3) is 6.61. The molecule has 0 saturated carbocycles. The average Bonchev–Trinajstić information content (AvgIpc) is 2.73. The molecule has 9 N–H and O–H groups in total. The maximum absolute atomic E-state index is 11.7. The summed E-state index contributed by atoms with van der Waals surface area (Å²) in [6.45, 7) is 0.859. The van der Waals surface area contributed by atoms with E-state index in [4.69, 9.17) is 40.4 Å². The van der Waals surface area contributed by atoms with Crippen LogP contribution in [0.4, 0.5) is 11.4 Å². The molecule has 0 atom stereocenters. The number of aliphatic hydroxyl groups is 1. The molecule has 0 aromatic heterocycles. The molecule has 11 heteroatoms. The number of halogens is 1. The molecule has 0 saturated heterocycles. The molecule has 2 rings (SSSR count). The van der Waals surface area contributed by atoms with Crippen molar-refractivity contribution in [3.8, 4) is 0 Å². The molecule has 0 bridgehead atoms. The number of carbonyl (C=O) groups excluding carboxylic acids is 1. The van der Waals surface area contributed by atoms with Crippen molar-refractivity contribution in [3.05, 3.63) is 57.6 Å². The van der Waals surface area contributed by atoms with Crippen LogP contribution in [0.5, 0.6) is 0 Å². The second kappa shape index (κ2) is 11.6. The summed E-state index contributed by atoms with van der Waals surface area (Å²) in [7, 11) is 0. The van der Waals surface area contributed by atoms with Gasteiger partial charge in [-0.3, -0.25) is 4.79 Å². The number of thiocarbonyl (C=S) groups is 1. The van der Waals surface area contributed by atoms with Crippen molar-refractivity contribution in [2.75, 3.05) is 23.8 Å². The topological polar surface area (TPSA) is 163 Å². The summed E-state index contributed by atoms with van der Waals surface area (Å²) in [4.78, 5) is 23.1. The van der Waals surface area contributed by atoms with Crippen LogP contribution in [0.1, 0.15) is 38.3 Å². The Kier molecular flexibility index (Phi) is 9.16. The Morgan fingerprint density at radius 1 is 1.16 bits per heavy atom. The molecular formula is C20H24ClN5O4S. The van der Waals surface area contributed by atoms with Crippen LogP contribution < -0.4 is 27.4 Å². The van der Waals surface area contributed by atoms with Gasteiger partial charge in [0.25, 0.3) is 0 Å². The fraction of sp³-hybridized carbons (Fsp3) is 0.250. The van der Waals surface area contributed by atoms with Crippen molar-refractivity contribution < 1.29 is 19.8 Å². The molecule has 0 unspecified atom stereocenters. The highest BCUT2D eigenvalue weighted by molar-refractivity contribution is 7.80. The number of primary amides is 1. The Balaban J connectivity index is 2.28. The van der Waals surface area contributed by atoms with E-state index in [9.17, 15) is 14.7 Å². The van der Waals surface area contributed by atoms with E-state index in [-0.39, 0.29) is 35.4 Å². The van der Waals surface area contributed by atoms with Crippen molar-refractivity contribution in [2.24, 2.45) is 11.5 Å². The highest BCUT2D eigenvalue weighted by atomic mass is 35.5. The van der Waals surface area contributed by atoms with Gasteiger partial charge in [-0.2, -0.15) is 0 Å². The number of aromatic carboxylic acids is 1. The lowest BCUT2D eigenvalue weighted by molar-refractivity contribution is 0.0695. The summed E-state index contributed by atoms with van der Waals surface area (Å²) in [6, 6.07) is 7.64. The quantitative estimate of drug-likeness (QED) is 0.205. The Morgan fingerprint density at radius 3 is 2.52 bits per heavy atom. The maximum Gasteiger partial charge on any atom is 0.336 e. The number of carbonyl (C=O) groups is 2. The van der Waals surface area contributed by atoms with Crippen LogP contribution in [0.2, 0.25) is 5.02 Å². The fourth-order valence-corrected chi connectivity index (χ4v) is 3.30. The summed E-state index contributed by atoms with van der Waals surface area (Å²) < 4.78 is 0. The highest BCUT2D eigenvalue weighted by Crippen LogP contribution is 2.30. The molecule has 2 aromatic rings. The molecule has 9 nitrogen and oxygen atoms in total. The minimum absolute atomic E-state index is 0.0193. The first kappa shape index (κ1) is 24.5. The number of nitrogens with two attached hydrogens (primary N) is 2. The van der Waals surface area contributed by atoms with E-state index in [1.165, 1.54) is 12.1 Å². The Hall–Kier alpha value is -2.76. The lowest BCUT2D eigenvalue weighted by Crippen LogP contribution is -2.24. The first-order valence-electron chi connectivity index (χ1n) is 9.35. The van der Waals surface area contributed by atoms with Gasteiger partial charge in [-0.05, 0) is 61.1 Å². The van der Waals surface area contributed by atoms with Gasteiger partial charge in [-0.15, -0.1) is 0 Å². The van der Waals surface area contributed by atoms with E-state index in [0.29, 0.717) is 41.0 Å². The van der Waals surface area contributed by atoms with Gasteiger partial charge in [0.1, 0.15) is 0 Å². The second-order valence-electron chi connectivity index (χ2n) is 6.53. The molecule has 1 amide bonds. The zero-order chi connectivity index (χ0) is 23.0. The van der Waals surface area contributed by atoms with Crippen LogP contribution in [0.3, 0.4) is 0 Å². The normalized spacial score (nSPS) is 10.5. The molecule has 0 fully saturated rings. The largest absolute Gasteiger partial charge is 0.478 e. The summed E-state index contributed by atoms with van der Waals surface area (Å²) >= 11 is 11.7. The van der Waals surface area contributed by atoms with Gasteiger partial charge < -0.3 is 37.6 Å². The Labute approximate surface area is 189 Å². The average molecular weight is 466 g/mol. The van der Waals surface area contributed by atoms with Gasteiger partial charge >= 0.3 is 5.97 Å². The molecule has 0 aliphatic carbocycles. The number of benzene rings is 2. The van der Waals surface area contributed by atoms with Crippen molar-refractivity contribution in [3.63, 3.8) is 0 Å². The summed E-state index contributed by atoms with van der Waals surface area (Å²) in [5, 5.41) is 27.9. The van der Waals surface area contributed by atoms with Crippen LogP contribution in [-0.4, -0.2) is 40.4 Å². The number of rotatable bonds is 10. The molecule has 0 radical (unpaired) electrons. The molecular weight excluding hydrogens is 442 g/mol. The number of amides is 1. The van der Waals surface area contributed by atoms with E-state index in [2.05, 4.69) is 16.0 Å². The number of carboxylic acids is 1. The van der Waals surface area contributed by atoms with E-state index in [1.54, 1.807) is 18.2 Å². The summed E-state index contributed by atoms with van der Waals surface area (Å²) in [5.74, 6) is -1.68. The number of hydrogen-bond donors (Lipinski definition) is 7. The highest BCUT2D eigenvalue weighted by Gasteiger charge is 2.18. The number of nitrogens with one attached hydrogen (secondary N) is 3. The van der Waals surface area contributed by atoms with E-state index in [1.807, 2.05) is 0 Å². The SMILES string of the molecule is NCc1cc(C(N)=O)ccc1NC(=S)Nc1c(Cl)ccc(C(=O)O)c1CNCCCO. The zero-order valence-electron chi connectivity index (χ0n) is 16.6. The van der Waals surface area contributed by atoms with Crippen LogP contribution in [0, 0.1) is 0 Å². The third-order valence-corrected chi connectivity index (χ3v) is 4.92. The monoisotopic (exact) mass is 465 g/mol. The van der Waals surface area contributed by atoms with Gasteiger partial charge in [0.15, 0.2) is 5.11 Å². The number of hydrogen-bond acceptors (Lipinski definition) is 6. The first-order chi connectivity index (χ1) is 14.8. The molecule has 0 aliphatic heterocycles. The smallest absolute Gasteiger partial charge is 0.336 e. The van der Waals surface area contributed by atoms with Crippen molar-refractivity contribution in [1.29, 1.82) is 0 Å². The minimum Gasteiger partial charge on any atom is -0.478 e. The molecule has 0 spiro atoms. The van der Waals surface area contributed by atoms with Crippen molar-refractivity contribution in [1.82, 2.24) is 5.32 Å². The lowest BCUT2D eigenvalue weighted by atomic mass is 10.0. The molecule has 2 aromatic carbocycles. The van der Waals surface area contributed by atoms with Gasteiger partial charge in [0.2, 0.25) is 5.91 Å². The van der Waals surface area contributed by atoms with E-state index < -0.39 is 11.9 Å². The Bertz CT molecular complexity index is 986. The maximum atomic E-state index is 11.7. The summed E-state index contributed by atoms with van der Waals surface area (Å²) in [5.41, 5.74) is 13.4. The lowest BCUT2D eigenvalue weighted by Gasteiger charge is -2.19. The molecule has 166 valence electrons. The van der Waals surface area contributed by atoms with Crippen molar-refractivity contribution in [2.45, 2.75) is 19.5 Å². The van der Waals surface area contributed by atoms with E-state index in [0.717, 1.165) is 0 Å². The van der Waals surface area contributed by atoms with Crippen LogP contribution in [0.25, 0.3) is 0 Å². The van der Waals surface area contributed by atoms with E-state index >= 15 is 0 Å². The zero-order valence-corrected chi connectivity index (χ0v) is 18.1. The predicted octanol–water partition coefficient (Wildman–Crippen LogP) is 1.88. The molecule has 0 aliphatic rings. The predicted molar refractivity (Wildman–Crippen MR) is 125 cm³/mol. The van der Waals surface area contributed by atoms with Gasteiger partial charge in [-0.1, -0.05) is 11.6 Å². The van der Waals surface area contributed by atoms with Crippen LogP contribution in [-0.2, 0) is 13.1 Å². The minimum atomic E-state index is -1.11. The first-order valence-corrected chi connectivity index (χ1v) is 10.1. The van der Waals surface area contributed by atoms with Gasteiger partial charge in [0, 0.05) is 36.5 Å². The fourth-order valence-electron chi connectivity index (χ4n) is 2.86. The third-order valence-electron chi connectivity index (χ3n) is 4.40. The Morgan fingerprint density at radius 2 is 1.90 bits per heavy atom. The number of aliphatic hydroxyl groups excluding tert-OH is 1.